The third-order valence-corrected chi connectivity index (χ3v) is 2.21. The van der Waals surface area contributed by atoms with Crippen molar-refractivity contribution in [2.75, 3.05) is 7.11 Å². The Morgan fingerprint density at radius 1 is 1.50 bits per heavy atom. The maximum atomic E-state index is 12.0. The highest BCUT2D eigenvalue weighted by atomic mass is 127. The molecule has 0 aliphatic carbocycles. The zero-order valence-corrected chi connectivity index (χ0v) is 10.00. The number of hydrogen-bond donors (Lipinski definition) is 0. The number of halogens is 4. The average molecular weight is 347 g/mol. The van der Waals surface area contributed by atoms with Crippen molar-refractivity contribution in [3.63, 3.8) is 0 Å². The van der Waals surface area contributed by atoms with Gasteiger partial charge < -0.3 is 9.47 Å². The van der Waals surface area contributed by atoms with E-state index in [1.54, 1.807) is 0 Å². The monoisotopic (exact) mass is 347 g/mol. The molecule has 0 fully saturated rings. The van der Waals surface area contributed by atoms with Crippen LogP contribution in [0, 0.1) is 3.70 Å². The Kier molecular flexibility index (Phi) is 3.94. The molecule has 1 rings (SSSR count). The van der Waals surface area contributed by atoms with Crippen LogP contribution in [0.25, 0.3) is 0 Å². The van der Waals surface area contributed by atoms with Crippen molar-refractivity contribution >= 4 is 28.9 Å². The summed E-state index contributed by atoms with van der Waals surface area (Å²) >= 11 is 1.52. The molecule has 88 valence electrons. The minimum atomic E-state index is -4.84. The number of aromatic nitrogens is 1. The van der Waals surface area contributed by atoms with Gasteiger partial charge in [-0.2, -0.15) is 0 Å². The third-order valence-electron chi connectivity index (χ3n) is 1.48. The Hall–Kier alpha value is -1.06. The summed E-state index contributed by atoms with van der Waals surface area (Å²) in [6.45, 7) is 0. The van der Waals surface area contributed by atoms with Gasteiger partial charge in [0.15, 0.2) is 12.0 Å². The van der Waals surface area contributed by atoms with E-state index in [0.29, 0.717) is 6.29 Å². The van der Waals surface area contributed by atoms with Crippen LogP contribution < -0.4 is 9.47 Å². The number of hydrogen-bond acceptors (Lipinski definition) is 4. The molecule has 0 saturated heterocycles. The number of pyridine rings is 1. The van der Waals surface area contributed by atoms with Crippen LogP contribution in [0.15, 0.2) is 6.07 Å². The SMILES string of the molecule is COc1cc(C=O)nc(I)c1OC(F)(F)F. The molecule has 0 spiro atoms. The van der Waals surface area contributed by atoms with Crippen LogP contribution >= 0.6 is 22.6 Å². The molecule has 0 aliphatic heterocycles. The largest absolute Gasteiger partial charge is 0.573 e. The molecule has 0 N–H and O–H groups in total. The number of aldehydes is 1. The maximum absolute atomic E-state index is 12.0. The fraction of sp³-hybridized carbons (Fsp3) is 0.250. The Morgan fingerprint density at radius 3 is 2.56 bits per heavy atom. The molecule has 0 saturated carbocycles. The topological polar surface area (TPSA) is 48.4 Å². The molecule has 1 aromatic rings. The van der Waals surface area contributed by atoms with Gasteiger partial charge in [-0.1, -0.05) is 0 Å². The predicted octanol–water partition coefficient (Wildman–Crippen LogP) is 2.41. The van der Waals surface area contributed by atoms with E-state index in [1.165, 1.54) is 29.7 Å². The van der Waals surface area contributed by atoms with Crippen molar-refractivity contribution in [1.29, 1.82) is 0 Å². The minimum Gasteiger partial charge on any atom is -0.493 e. The number of carbonyl (C=O) groups is 1. The van der Waals surface area contributed by atoms with Gasteiger partial charge in [-0.3, -0.25) is 4.79 Å². The van der Waals surface area contributed by atoms with Crippen molar-refractivity contribution in [3.05, 3.63) is 15.5 Å². The molecule has 1 heterocycles. The lowest BCUT2D eigenvalue weighted by atomic mass is 10.3. The zero-order chi connectivity index (χ0) is 12.3. The number of ether oxygens (including phenoxy) is 2. The molecule has 1 aromatic heterocycles. The quantitative estimate of drug-likeness (QED) is 0.479. The third kappa shape index (κ3) is 3.22. The van der Waals surface area contributed by atoms with Crippen molar-refractivity contribution in [1.82, 2.24) is 4.98 Å². The highest BCUT2D eigenvalue weighted by Gasteiger charge is 2.34. The second-order valence-corrected chi connectivity index (χ2v) is 3.56. The summed E-state index contributed by atoms with van der Waals surface area (Å²) < 4.78 is 44.5. The van der Waals surface area contributed by atoms with Gasteiger partial charge in [-0.25, -0.2) is 4.98 Å². The highest BCUT2D eigenvalue weighted by Crippen LogP contribution is 2.35. The predicted molar refractivity (Wildman–Crippen MR) is 55.6 cm³/mol. The van der Waals surface area contributed by atoms with E-state index in [0.717, 1.165) is 6.07 Å². The molecule has 0 aliphatic rings. The van der Waals surface area contributed by atoms with Crippen LogP contribution in [0.3, 0.4) is 0 Å². The molecule has 0 radical (unpaired) electrons. The summed E-state index contributed by atoms with van der Waals surface area (Å²) in [6, 6.07) is 1.07. The molecular weight excluding hydrogens is 342 g/mol. The normalized spacial score (nSPS) is 11.1. The minimum absolute atomic E-state index is 0.0317. The molecule has 16 heavy (non-hydrogen) atoms. The van der Waals surface area contributed by atoms with Crippen LogP contribution in [0.2, 0.25) is 0 Å². The van der Waals surface area contributed by atoms with E-state index in [1.807, 2.05) is 0 Å². The first-order valence-corrected chi connectivity index (χ1v) is 4.90. The van der Waals surface area contributed by atoms with Crippen molar-refractivity contribution in [3.8, 4) is 11.5 Å². The van der Waals surface area contributed by atoms with Gasteiger partial charge in [0, 0.05) is 6.07 Å². The number of carbonyl (C=O) groups excluding carboxylic acids is 1. The molecule has 8 heteroatoms. The van der Waals surface area contributed by atoms with Crippen molar-refractivity contribution in [2.45, 2.75) is 6.36 Å². The fourth-order valence-electron chi connectivity index (χ4n) is 0.918. The molecule has 0 amide bonds. The Bertz CT molecular complexity index is 408. The lowest BCUT2D eigenvalue weighted by molar-refractivity contribution is -0.275. The van der Waals surface area contributed by atoms with Gasteiger partial charge in [0.05, 0.1) is 7.11 Å². The highest BCUT2D eigenvalue weighted by molar-refractivity contribution is 14.1. The summed E-state index contributed by atoms with van der Waals surface area (Å²) in [7, 11) is 1.17. The second kappa shape index (κ2) is 4.85. The second-order valence-electron chi connectivity index (χ2n) is 2.53. The number of alkyl halides is 3. The van der Waals surface area contributed by atoms with Crippen LogP contribution in [0.4, 0.5) is 13.2 Å². The summed E-state index contributed by atoms with van der Waals surface area (Å²) in [6.07, 6.45) is -4.43. The smallest absolute Gasteiger partial charge is 0.493 e. The van der Waals surface area contributed by atoms with Crippen LogP contribution in [-0.2, 0) is 0 Å². The van der Waals surface area contributed by atoms with E-state index < -0.39 is 12.1 Å². The first-order valence-electron chi connectivity index (χ1n) is 3.83. The molecule has 0 aromatic carbocycles. The Morgan fingerprint density at radius 2 is 2.12 bits per heavy atom. The Balaban J connectivity index is 3.21. The van der Waals surface area contributed by atoms with Crippen LogP contribution in [0.1, 0.15) is 10.5 Å². The summed E-state index contributed by atoms with van der Waals surface area (Å²) in [5.74, 6) is -0.750. The van der Waals surface area contributed by atoms with Crippen molar-refractivity contribution < 1.29 is 27.4 Å². The van der Waals surface area contributed by atoms with E-state index in [-0.39, 0.29) is 15.1 Å². The first kappa shape index (κ1) is 13.0. The average Bonchev–Trinajstić information content (AvgIpc) is 2.19. The maximum Gasteiger partial charge on any atom is 0.573 e. The first-order chi connectivity index (χ1) is 7.37. The lowest BCUT2D eigenvalue weighted by Crippen LogP contribution is -2.19. The Labute approximate surface area is 102 Å². The lowest BCUT2D eigenvalue weighted by Gasteiger charge is -2.13. The number of nitrogens with zero attached hydrogens (tertiary/aromatic N) is 1. The van der Waals surface area contributed by atoms with E-state index in [2.05, 4.69) is 14.5 Å². The van der Waals surface area contributed by atoms with Gasteiger partial charge >= 0.3 is 6.36 Å². The van der Waals surface area contributed by atoms with Gasteiger partial charge in [0.1, 0.15) is 9.39 Å². The zero-order valence-electron chi connectivity index (χ0n) is 7.84. The summed E-state index contributed by atoms with van der Waals surface area (Å²) in [4.78, 5) is 14.0. The molecule has 0 atom stereocenters. The molecular formula is C8H5F3INO3. The van der Waals surface area contributed by atoms with Crippen LogP contribution in [-0.4, -0.2) is 24.7 Å². The van der Waals surface area contributed by atoms with Crippen LogP contribution in [0.5, 0.6) is 11.5 Å². The van der Waals surface area contributed by atoms with Gasteiger partial charge in [-0.05, 0) is 22.6 Å². The van der Waals surface area contributed by atoms with Gasteiger partial charge in [0.2, 0.25) is 5.75 Å². The fourth-order valence-corrected chi connectivity index (χ4v) is 1.57. The van der Waals surface area contributed by atoms with E-state index in [4.69, 9.17) is 0 Å². The molecule has 4 nitrogen and oxygen atoms in total. The van der Waals surface area contributed by atoms with Crippen molar-refractivity contribution in [2.24, 2.45) is 0 Å². The van der Waals surface area contributed by atoms with Gasteiger partial charge in [-0.15, -0.1) is 13.2 Å². The summed E-state index contributed by atoms with van der Waals surface area (Å²) in [5, 5.41) is 0. The van der Waals surface area contributed by atoms with E-state index in [9.17, 15) is 18.0 Å². The molecule has 0 bridgehead atoms. The van der Waals surface area contributed by atoms with Gasteiger partial charge in [0.25, 0.3) is 0 Å². The molecule has 0 unspecified atom stereocenters. The standard InChI is InChI=1S/C8H5F3INO3/c1-15-5-2-4(3-14)13-7(12)6(5)16-8(9,10)11/h2-3H,1H3. The number of methoxy groups -OCH3 is 1. The van der Waals surface area contributed by atoms with E-state index >= 15 is 0 Å². The number of rotatable bonds is 3. The summed E-state index contributed by atoms with van der Waals surface area (Å²) in [5.41, 5.74) is -0.0317.